The van der Waals surface area contributed by atoms with Gasteiger partial charge >= 0.3 is 5.97 Å². The molecule has 0 aliphatic carbocycles. The zero-order valence-electron chi connectivity index (χ0n) is 10.8. The fourth-order valence-corrected chi connectivity index (χ4v) is 1.09. The number of carbonyl (C=O) groups excluding carboxylic acids is 1. The lowest BCUT2D eigenvalue weighted by molar-refractivity contribution is -0.138. The van der Waals surface area contributed by atoms with Crippen molar-refractivity contribution < 1.29 is 19.0 Å². The maximum atomic E-state index is 11.2. The average Bonchev–Trinajstić information content (AvgIpc) is 2.32. The van der Waals surface area contributed by atoms with Gasteiger partial charge in [-0.1, -0.05) is 6.58 Å². The highest BCUT2D eigenvalue weighted by Gasteiger charge is 2.05. The van der Waals surface area contributed by atoms with Crippen molar-refractivity contribution in [1.29, 1.82) is 0 Å². The third kappa shape index (κ3) is 9.99. The minimum absolute atomic E-state index is 0.337. The molecular weight excluding hydrogens is 222 g/mol. The molecule has 0 saturated carbocycles. The maximum Gasteiger partial charge on any atom is 0.334 e. The molecule has 0 aromatic rings. The van der Waals surface area contributed by atoms with Crippen LogP contribution in [0.4, 0.5) is 0 Å². The highest BCUT2D eigenvalue weighted by atomic mass is 16.5. The first-order chi connectivity index (χ1) is 8.22. The number of nitrogens with one attached hydrogen (secondary N) is 1. The van der Waals surface area contributed by atoms with Crippen LogP contribution in [0, 0.1) is 0 Å². The van der Waals surface area contributed by atoms with E-state index in [1.54, 1.807) is 14.0 Å². The summed E-state index contributed by atoms with van der Waals surface area (Å²) in [5.74, 6) is -0.337. The van der Waals surface area contributed by atoms with Crippen LogP contribution in [-0.2, 0) is 19.0 Å². The fourth-order valence-electron chi connectivity index (χ4n) is 1.09. The lowest BCUT2D eigenvalue weighted by atomic mass is 10.3. The molecule has 0 fully saturated rings. The summed E-state index contributed by atoms with van der Waals surface area (Å²) in [6.45, 7) is 8.96. The van der Waals surface area contributed by atoms with Gasteiger partial charge in [0.15, 0.2) is 0 Å². The minimum atomic E-state index is -0.337. The van der Waals surface area contributed by atoms with Gasteiger partial charge in [-0.15, -0.1) is 0 Å². The molecular formula is C12H23NO4. The quantitative estimate of drug-likeness (QED) is 0.331. The van der Waals surface area contributed by atoms with Crippen LogP contribution in [0.25, 0.3) is 0 Å². The number of ether oxygens (including phenoxy) is 3. The Morgan fingerprint density at radius 1 is 1.29 bits per heavy atom. The summed E-state index contributed by atoms with van der Waals surface area (Å²) in [5, 5.41) is 3.10. The first-order valence-electron chi connectivity index (χ1n) is 5.84. The smallest absolute Gasteiger partial charge is 0.334 e. The molecule has 0 heterocycles. The fraction of sp³-hybridized carbons (Fsp3) is 0.750. The molecule has 0 atom stereocenters. The van der Waals surface area contributed by atoms with E-state index in [2.05, 4.69) is 11.9 Å². The Labute approximate surface area is 103 Å². The van der Waals surface area contributed by atoms with Gasteiger partial charge in [-0.3, -0.25) is 0 Å². The normalized spacial score (nSPS) is 10.2. The van der Waals surface area contributed by atoms with Crippen LogP contribution >= 0.6 is 0 Å². The molecule has 5 heteroatoms. The summed E-state index contributed by atoms with van der Waals surface area (Å²) < 4.78 is 14.9. The Morgan fingerprint density at radius 3 is 2.71 bits per heavy atom. The Kier molecular flexibility index (Phi) is 11.0. The predicted octanol–water partition coefficient (Wildman–Crippen LogP) is 0.748. The van der Waals surface area contributed by atoms with Crippen LogP contribution in [0.15, 0.2) is 12.2 Å². The van der Waals surface area contributed by atoms with Crippen LogP contribution in [-0.4, -0.2) is 52.6 Å². The van der Waals surface area contributed by atoms with E-state index in [9.17, 15) is 4.79 Å². The van der Waals surface area contributed by atoms with E-state index >= 15 is 0 Å². The molecule has 17 heavy (non-hydrogen) atoms. The SMILES string of the molecule is C=C(CNCCCOCCOC)C(=O)OCC. The van der Waals surface area contributed by atoms with Crippen LogP contribution in [0.2, 0.25) is 0 Å². The monoisotopic (exact) mass is 245 g/mol. The van der Waals surface area contributed by atoms with Crippen molar-refractivity contribution in [2.24, 2.45) is 0 Å². The second-order valence-corrected chi connectivity index (χ2v) is 3.46. The Balaban J connectivity index is 3.27. The zero-order valence-corrected chi connectivity index (χ0v) is 10.8. The van der Waals surface area contributed by atoms with E-state index in [0.29, 0.717) is 38.5 Å². The molecule has 0 unspecified atom stereocenters. The molecule has 0 aromatic carbocycles. The Hall–Kier alpha value is -0.910. The molecule has 0 aliphatic heterocycles. The van der Waals surface area contributed by atoms with Crippen molar-refractivity contribution in [1.82, 2.24) is 5.32 Å². The maximum absolute atomic E-state index is 11.2. The highest BCUT2D eigenvalue weighted by Crippen LogP contribution is 1.92. The molecule has 0 aromatic heterocycles. The number of rotatable bonds is 11. The average molecular weight is 245 g/mol. The second-order valence-electron chi connectivity index (χ2n) is 3.46. The number of methoxy groups -OCH3 is 1. The third-order valence-corrected chi connectivity index (χ3v) is 1.98. The van der Waals surface area contributed by atoms with E-state index in [4.69, 9.17) is 14.2 Å². The summed E-state index contributed by atoms with van der Waals surface area (Å²) in [7, 11) is 1.64. The molecule has 0 radical (unpaired) electrons. The molecule has 0 rings (SSSR count). The molecule has 1 N–H and O–H groups in total. The first-order valence-corrected chi connectivity index (χ1v) is 5.84. The van der Waals surface area contributed by atoms with Gasteiger partial charge in [0.1, 0.15) is 0 Å². The predicted molar refractivity (Wildman–Crippen MR) is 66.0 cm³/mol. The lowest BCUT2D eigenvalue weighted by Gasteiger charge is -2.07. The lowest BCUT2D eigenvalue weighted by Crippen LogP contribution is -2.23. The van der Waals surface area contributed by atoms with Crippen LogP contribution < -0.4 is 5.32 Å². The number of esters is 1. The van der Waals surface area contributed by atoms with E-state index in [1.807, 2.05) is 0 Å². The van der Waals surface area contributed by atoms with Crippen molar-refractivity contribution in [2.45, 2.75) is 13.3 Å². The van der Waals surface area contributed by atoms with Gasteiger partial charge in [-0.05, 0) is 19.9 Å². The summed E-state index contributed by atoms with van der Waals surface area (Å²) in [6, 6.07) is 0. The van der Waals surface area contributed by atoms with Crippen LogP contribution in [0.1, 0.15) is 13.3 Å². The number of carbonyl (C=O) groups is 1. The molecule has 0 spiro atoms. The number of hydrogen-bond donors (Lipinski definition) is 1. The molecule has 5 nitrogen and oxygen atoms in total. The highest BCUT2D eigenvalue weighted by molar-refractivity contribution is 5.88. The standard InChI is InChI=1S/C12H23NO4/c1-4-17-12(14)11(2)10-13-6-5-7-16-9-8-15-3/h13H,2,4-10H2,1,3H3. The van der Waals surface area contributed by atoms with Crippen molar-refractivity contribution in [2.75, 3.05) is 46.6 Å². The minimum Gasteiger partial charge on any atom is -0.463 e. The van der Waals surface area contributed by atoms with Crippen molar-refractivity contribution in [3.8, 4) is 0 Å². The van der Waals surface area contributed by atoms with Crippen LogP contribution in [0.3, 0.4) is 0 Å². The van der Waals surface area contributed by atoms with Gasteiger partial charge in [-0.2, -0.15) is 0 Å². The molecule has 0 amide bonds. The van der Waals surface area contributed by atoms with E-state index in [-0.39, 0.29) is 5.97 Å². The molecule has 0 bridgehead atoms. The zero-order chi connectivity index (χ0) is 12.9. The van der Waals surface area contributed by atoms with Crippen molar-refractivity contribution in [3.05, 3.63) is 12.2 Å². The Bertz CT molecular complexity index is 219. The van der Waals surface area contributed by atoms with Gasteiger partial charge in [0, 0.05) is 25.8 Å². The summed E-state index contributed by atoms with van der Waals surface area (Å²) >= 11 is 0. The second kappa shape index (κ2) is 11.6. The topological polar surface area (TPSA) is 56.8 Å². The third-order valence-electron chi connectivity index (χ3n) is 1.98. The van der Waals surface area contributed by atoms with E-state index < -0.39 is 0 Å². The van der Waals surface area contributed by atoms with E-state index in [1.165, 1.54) is 0 Å². The van der Waals surface area contributed by atoms with E-state index in [0.717, 1.165) is 13.0 Å². The summed E-state index contributed by atoms with van der Waals surface area (Å²) in [4.78, 5) is 11.2. The van der Waals surface area contributed by atoms with Gasteiger partial charge < -0.3 is 19.5 Å². The molecule has 0 saturated heterocycles. The van der Waals surface area contributed by atoms with Gasteiger partial charge in [0.2, 0.25) is 0 Å². The van der Waals surface area contributed by atoms with Crippen LogP contribution in [0.5, 0.6) is 0 Å². The van der Waals surface area contributed by atoms with Crippen molar-refractivity contribution >= 4 is 5.97 Å². The van der Waals surface area contributed by atoms with Gasteiger partial charge in [-0.25, -0.2) is 4.79 Å². The van der Waals surface area contributed by atoms with Crippen molar-refractivity contribution in [3.63, 3.8) is 0 Å². The largest absolute Gasteiger partial charge is 0.463 e. The van der Waals surface area contributed by atoms with Gasteiger partial charge in [0.25, 0.3) is 0 Å². The summed E-state index contributed by atoms with van der Waals surface area (Å²) in [5.41, 5.74) is 0.451. The first kappa shape index (κ1) is 16.1. The molecule has 0 aliphatic rings. The van der Waals surface area contributed by atoms with Gasteiger partial charge in [0.05, 0.1) is 19.8 Å². The number of hydrogen-bond acceptors (Lipinski definition) is 5. The Morgan fingerprint density at radius 2 is 2.06 bits per heavy atom. The molecule has 100 valence electrons. The summed E-state index contributed by atoms with van der Waals surface area (Å²) in [6.07, 6.45) is 0.889.